The number of hydrogen-bond donors (Lipinski definition) is 1. The summed E-state index contributed by atoms with van der Waals surface area (Å²) in [6, 6.07) is 16.6. The molecule has 2 aromatic rings. The van der Waals surface area contributed by atoms with Crippen molar-refractivity contribution in [2.24, 2.45) is 0 Å². The number of rotatable bonds is 5. The van der Waals surface area contributed by atoms with Gasteiger partial charge in [0.15, 0.2) is 0 Å². The summed E-state index contributed by atoms with van der Waals surface area (Å²) in [7, 11) is 0. The third-order valence-corrected chi connectivity index (χ3v) is 4.90. The molecule has 1 atom stereocenters. The molecule has 1 N–H and O–H groups in total. The molecular weight excluding hydrogens is 334 g/mol. The molecule has 4 nitrogen and oxygen atoms in total. The fourth-order valence-electron chi connectivity index (χ4n) is 3.26. The molecule has 25 heavy (non-hydrogen) atoms. The molecule has 0 radical (unpaired) electrons. The molecule has 0 aliphatic carbocycles. The highest BCUT2D eigenvalue weighted by Crippen LogP contribution is 2.29. The van der Waals surface area contributed by atoms with Crippen LogP contribution in [0.5, 0.6) is 0 Å². The number of carbonyl (C=O) groups excluding carboxylic acids is 1. The van der Waals surface area contributed by atoms with Gasteiger partial charge in [0.25, 0.3) is 5.91 Å². The molecule has 0 bridgehead atoms. The van der Waals surface area contributed by atoms with Crippen LogP contribution in [0.1, 0.15) is 40.4 Å². The lowest BCUT2D eigenvalue weighted by Crippen LogP contribution is -2.37. The Morgan fingerprint density at radius 1 is 1.20 bits per heavy atom. The molecule has 1 amide bonds. The van der Waals surface area contributed by atoms with Crippen LogP contribution in [0.15, 0.2) is 48.5 Å². The molecule has 1 saturated heterocycles. The van der Waals surface area contributed by atoms with Gasteiger partial charge in [-0.05, 0) is 55.8 Å². The summed E-state index contributed by atoms with van der Waals surface area (Å²) >= 11 is 6.39. The molecule has 1 aliphatic rings. The van der Waals surface area contributed by atoms with Crippen LogP contribution < -0.4 is 5.32 Å². The molecule has 1 unspecified atom stereocenters. The average Bonchev–Trinajstić information content (AvgIpc) is 3.17. The zero-order valence-corrected chi connectivity index (χ0v) is 14.7. The van der Waals surface area contributed by atoms with Crippen LogP contribution in [0.25, 0.3) is 0 Å². The van der Waals surface area contributed by atoms with E-state index in [2.05, 4.69) is 16.3 Å². The van der Waals surface area contributed by atoms with Gasteiger partial charge in [0.2, 0.25) is 0 Å². The highest BCUT2D eigenvalue weighted by Gasteiger charge is 2.25. The minimum Gasteiger partial charge on any atom is -0.350 e. The summed E-state index contributed by atoms with van der Waals surface area (Å²) in [5, 5.41) is 12.7. The molecule has 3 rings (SSSR count). The number of amides is 1. The Morgan fingerprint density at radius 2 is 1.96 bits per heavy atom. The standard InChI is InChI=1S/C20H20ClN3O/c21-18-9-2-1-8-17(18)19(24-10-3-4-11-24)14-23-20(25)16-7-5-6-15(12-16)13-22/h1-2,5-9,12,19H,3-4,10-11,14H2,(H,23,25). The smallest absolute Gasteiger partial charge is 0.251 e. The second kappa shape index (κ2) is 8.15. The van der Waals surface area contributed by atoms with Gasteiger partial charge >= 0.3 is 0 Å². The van der Waals surface area contributed by atoms with E-state index in [4.69, 9.17) is 16.9 Å². The van der Waals surface area contributed by atoms with Crippen molar-refractivity contribution in [2.45, 2.75) is 18.9 Å². The van der Waals surface area contributed by atoms with E-state index >= 15 is 0 Å². The van der Waals surface area contributed by atoms with Crippen LogP contribution in [0.4, 0.5) is 0 Å². The fraction of sp³-hybridized carbons (Fsp3) is 0.300. The Kier molecular flexibility index (Phi) is 5.70. The van der Waals surface area contributed by atoms with Gasteiger partial charge < -0.3 is 5.32 Å². The number of nitriles is 1. The first kappa shape index (κ1) is 17.5. The Balaban J connectivity index is 1.75. The zero-order valence-electron chi connectivity index (χ0n) is 13.9. The van der Waals surface area contributed by atoms with Gasteiger partial charge in [-0.3, -0.25) is 9.69 Å². The van der Waals surface area contributed by atoms with Crippen LogP contribution in [0.3, 0.4) is 0 Å². The lowest BCUT2D eigenvalue weighted by molar-refractivity contribution is 0.0938. The van der Waals surface area contributed by atoms with Gasteiger partial charge in [0, 0.05) is 17.1 Å². The van der Waals surface area contributed by atoms with Crippen molar-refractivity contribution in [1.29, 1.82) is 5.26 Å². The number of nitrogens with one attached hydrogen (secondary N) is 1. The van der Waals surface area contributed by atoms with Crippen molar-refractivity contribution in [2.75, 3.05) is 19.6 Å². The van der Waals surface area contributed by atoms with Crippen LogP contribution in [0.2, 0.25) is 5.02 Å². The summed E-state index contributed by atoms with van der Waals surface area (Å²) < 4.78 is 0. The second-order valence-electron chi connectivity index (χ2n) is 6.18. The predicted molar refractivity (Wildman–Crippen MR) is 98.5 cm³/mol. The first-order valence-electron chi connectivity index (χ1n) is 8.46. The average molecular weight is 354 g/mol. The molecule has 0 aromatic heterocycles. The van der Waals surface area contributed by atoms with Gasteiger partial charge in [-0.25, -0.2) is 0 Å². The number of hydrogen-bond acceptors (Lipinski definition) is 3. The van der Waals surface area contributed by atoms with E-state index in [0.29, 0.717) is 17.7 Å². The van der Waals surface area contributed by atoms with E-state index in [-0.39, 0.29) is 11.9 Å². The maximum absolute atomic E-state index is 12.5. The molecule has 0 saturated carbocycles. The monoisotopic (exact) mass is 353 g/mol. The van der Waals surface area contributed by atoms with Crippen molar-refractivity contribution < 1.29 is 4.79 Å². The zero-order chi connectivity index (χ0) is 17.6. The van der Waals surface area contributed by atoms with Gasteiger partial charge in [-0.2, -0.15) is 5.26 Å². The SMILES string of the molecule is N#Cc1cccc(C(=O)NCC(c2ccccc2Cl)N2CCCC2)c1. The van der Waals surface area contributed by atoms with Crippen molar-refractivity contribution in [1.82, 2.24) is 10.2 Å². The highest BCUT2D eigenvalue weighted by atomic mass is 35.5. The molecule has 1 heterocycles. The van der Waals surface area contributed by atoms with Crippen molar-refractivity contribution in [3.05, 3.63) is 70.2 Å². The lowest BCUT2D eigenvalue weighted by atomic mass is 10.0. The van der Waals surface area contributed by atoms with E-state index in [9.17, 15) is 4.79 Å². The quantitative estimate of drug-likeness (QED) is 0.890. The fourth-order valence-corrected chi connectivity index (χ4v) is 3.52. The lowest BCUT2D eigenvalue weighted by Gasteiger charge is -2.29. The summed E-state index contributed by atoms with van der Waals surface area (Å²) in [5.41, 5.74) is 2.02. The maximum atomic E-state index is 12.5. The van der Waals surface area contributed by atoms with E-state index in [1.807, 2.05) is 24.3 Å². The summed E-state index contributed by atoms with van der Waals surface area (Å²) in [6.07, 6.45) is 2.33. The Morgan fingerprint density at radius 3 is 2.68 bits per heavy atom. The van der Waals surface area contributed by atoms with E-state index in [1.165, 1.54) is 12.8 Å². The van der Waals surface area contributed by atoms with Crippen LogP contribution in [-0.2, 0) is 0 Å². The molecule has 1 fully saturated rings. The largest absolute Gasteiger partial charge is 0.350 e. The molecule has 0 spiro atoms. The number of halogens is 1. The molecule has 128 valence electrons. The number of nitrogens with zero attached hydrogens (tertiary/aromatic N) is 2. The minimum absolute atomic E-state index is 0.0549. The second-order valence-corrected chi connectivity index (χ2v) is 6.59. The normalized spacial score (nSPS) is 15.5. The van der Waals surface area contributed by atoms with Crippen molar-refractivity contribution in [3.63, 3.8) is 0 Å². The number of likely N-dealkylation sites (tertiary alicyclic amines) is 1. The van der Waals surface area contributed by atoms with Gasteiger partial charge in [-0.1, -0.05) is 35.9 Å². The molecule has 5 heteroatoms. The third-order valence-electron chi connectivity index (χ3n) is 4.56. The third kappa shape index (κ3) is 4.19. The van der Waals surface area contributed by atoms with Crippen LogP contribution in [-0.4, -0.2) is 30.4 Å². The topological polar surface area (TPSA) is 56.1 Å². The summed E-state index contributed by atoms with van der Waals surface area (Å²) in [4.78, 5) is 14.8. The molecular formula is C20H20ClN3O. The number of benzene rings is 2. The summed E-state index contributed by atoms with van der Waals surface area (Å²) in [6.45, 7) is 2.50. The first-order valence-corrected chi connectivity index (χ1v) is 8.83. The highest BCUT2D eigenvalue weighted by molar-refractivity contribution is 6.31. The van der Waals surface area contributed by atoms with Gasteiger partial charge in [-0.15, -0.1) is 0 Å². The van der Waals surface area contributed by atoms with E-state index in [0.717, 1.165) is 23.7 Å². The molecule has 1 aliphatic heterocycles. The van der Waals surface area contributed by atoms with Crippen LogP contribution >= 0.6 is 11.6 Å². The molecule has 2 aromatic carbocycles. The van der Waals surface area contributed by atoms with Crippen LogP contribution in [0, 0.1) is 11.3 Å². The minimum atomic E-state index is -0.173. The Bertz CT molecular complexity index is 794. The number of carbonyl (C=O) groups is 1. The first-order chi connectivity index (χ1) is 12.2. The summed E-state index contributed by atoms with van der Waals surface area (Å²) in [5.74, 6) is -0.173. The van der Waals surface area contributed by atoms with Crippen molar-refractivity contribution >= 4 is 17.5 Å². The van der Waals surface area contributed by atoms with E-state index < -0.39 is 0 Å². The van der Waals surface area contributed by atoms with Crippen molar-refractivity contribution in [3.8, 4) is 6.07 Å². The predicted octanol–water partition coefficient (Wildman–Crippen LogP) is 3.78. The van der Waals surface area contributed by atoms with Gasteiger partial charge in [0.1, 0.15) is 0 Å². The maximum Gasteiger partial charge on any atom is 0.251 e. The van der Waals surface area contributed by atoms with E-state index in [1.54, 1.807) is 24.3 Å². The Labute approximate surface area is 153 Å². The van der Waals surface area contributed by atoms with Gasteiger partial charge in [0.05, 0.1) is 17.7 Å². The Hall–Kier alpha value is -2.35.